The van der Waals surface area contributed by atoms with E-state index in [0.717, 1.165) is 32.5 Å². The van der Waals surface area contributed by atoms with Crippen molar-refractivity contribution in [3.05, 3.63) is 29.8 Å². The molecule has 1 aromatic carbocycles. The largest absolute Gasteiger partial charge is 0.497 e. The highest BCUT2D eigenvalue weighted by molar-refractivity contribution is 5.94. The first-order valence-corrected chi connectivity index (χ1v) is 10.9. The number of carbonyl (C=O) groups excluding carboxylic acids is 2. The number of amides is 2. The highest BCUT2D eigenvalue weighted by Gasteiger charge is 2.57. The first-order chi connectivity index (χ1) is 14.0. The van der Waals surface area contributed by atoms with Crippen molar-refractivity contribution in [1.29, 1.82) is 0 Å². The molecular formula is C23H33N3O3. The average Bonchev–Trinajstić information content (AvgIpc) is 3.27. The molecule has 0 bridgehead atoms. The molecule has 0 aliphatic carbocycles. The summed E-state index contributed by atoms with van der Waals surface area (Å²) in [5, 5.41) is 3.35. The molecule has 3 fully saturated rings. The Morgan fingerprint density at radius 3 is 2.76 bits per heavy atom. The molecule has 29 heavy (non-hydrogen) atoms. The third-order valence-electron chi connectivity index (χ3n) is 7.34. The summed E-state index contributed by atoms with van der Waals surface area (Å²) in [7, 11) is 1.61. The molecule has 0 unspecified atom stereocenters. The summed E-state index contributed by atoms with van der Waals surface area (Å²) in [5.74, 6) is 2.10. The van der Waals surface area contributed by atoms with Gasteiger partial charge in [0.25, 0.3) is 5.91 Å². The first-order valence-electron chi connectivity index (χ1n) is 10.9. The summed E-state index contributed by atoms with van der Waals surface area (Å²) in [5.41, 5.74) is 0.520. The van der Waals surface area contributed by atoms with Gasteiger partial charge in [-0.15, -0.1) is 0 Å². The molecule has 158 valence electrons. The Bertz CT molecular complexity index is 772. The van der Waals surface area contributed by atoms with E-state index in [1.54, 1.807) is 13.2 Å². The molecule has 3 heterocycles. The molecule has 3 saturated heterocycles. The number of carbonyl (C=O) groups is 2. The van der Waals surface area contributed by atoms with Gasteiger partial charge in [0, 0.05) is 49.7 Å². The highest BCUT2D eigenvalue weighted by atomic mass is 16.5. The lowest BCUT2D eigenvalue weighted by atomic mass is 9.75. The lowest BCUT2D eigenvalue weighted by Gasteiger charge is -2.43. The van der Waals surface area contributed by atoms with Crippen LogP contribution in [0.25, 0.3) is 0 Å². The minimum atomic E-state index is -0.142. The van der Waals surface area contributed by atoms with Crippen LogP contribution in [-0.4, -0.2) is 67.0 Å². The topological polar surface area (TPSA) is 61.9 Å². The Labute approximate surface area is 173 Å². The Kier molecular flexibility index (Phi) is 5.56. The second-order valence-electron chi connectivity index (χ2n) is 9.11. The maximum atomic E-state index is 12.9. The van der Waals surface area contributed by atoms with Gasteiger partial charge in [0.15, 0.2) is 0 Å². The summed E-state index contributed by atoms with van der Waals surface area (Å²) in [6, 6.07) is 7.33. The van der Waals surface area contributed by atoms with E-state index in [0.29, 0.717) is 36.2 Å². The van der Waals surface area contributed by atoms with Crippen LogP contribution in [0.2, 0.25) is 0 Å². The van der Waals surface area contributed by atoms with E-state index in [1.807, 2.05) is 23.1 Å². The van der Waals surface area contributed by atoms with Gasteiger partial charge in [-0.2, -0.15) is 0 Å². The van der Waals surface area contributed by atoms with Crippen molar-refractivity contribution < 1.29 is 14.3 Å². The average molecular weight is 400 g/mol. The molecule has 3 aliphatic heterocycles. The molecule has 0 saturated carbocycles. The third kappa shape index (κ3) is 3.75. The van der Waals surface area contributed by atoms with Crippen LogP contribution in [0.1, 0.15) is 43.5 Å². The van der Waals surface area contributed by atoms with Gasteiger partial charge < -0.3 is 19.9 Å². The van der Waals surface area contributed by atoms with Crippen LogP contribution in [0, 0.1) is 17.8 Å². The Hall–Kier alpha value is -2.08. The number of ether oxygens (including phenoxy) is 1. The monoisotopic (exact) mass is 399 g/mol. The van der Waals surface area contributed by atoms with Gasteiger partial charge in [0.05, 0.1) is 13.0 Å². The van der Waals surface area contributed by atoms with E-state index in [2.05, 4.69) is 24.1 Å². The molecule has 1 spiro atoms. The number of piperidine rings is 1. The molecule has 2 amide bonds. The zero-order valence-electron chi connectivity index (χ0n) is 17.8. The van der Waals surface area contributed by atoms with Gasteiger partial charge in [-0.05, 0) is 37.0 Å². The quantitative estimate of drug-likeness (QED) is 0.826. The molecule has 6 nitrogen and oxygen atoms in total. The number of benzene rings is 1. The lowest BCUT2D eigenvalue weighted by molar-refractivity contribution is -0.123. The second kappa shape index (κ2) is 7.98. The Morgan fingerprint density at radius 2 is 2.07 bits per heavy atom. The Morgan fingerprint density at radius 1 is 1.31 bits per heavy atom. The van der Waals surface area contributed by atoms with Crippen LogP contribution >= 0.6 is 0 Å². The maximum Gasteiger partial charge on any atom is 0.253 e. The minimum Gasteiger partial charge on any atom is -0.497 e. The van der Waals surface area contributed by atoms with Gasteiger partial charge in [-0.3, -0.25) is 9.59 Å². The second-order valence-corrected chi connectivity index (χ2v) is 9.11. The summed E-state index contributed by atoms with van der Waals surface area (Å²) in [4.78, 5) is 30.1. The van der Waals surface area contributed by atoms with Crippen molar-refractivity contribution in [2.45, 2.75) is 38.6 Å². The molecule has 4 rings (SSSR count). The van der Waals surface area contributed by atoms with Crippen molar-refractivity contribution in [3.8, 4) is 5.75 Å². The number of rotatable bonds is 5. The van der Waals surface area contributed by atoms with E-state index < -0.39 is 0 Å². The van der Waals surface area contributed by atoms with Crippen molar-refractivity contribution in [3.63, 3.8) is 0 Å². The van der Waals surface area contributed by atoms with E-state index in [9.17, 15) is 9.59 Å². The fraction of sp³-hybridized carbons (Fsp3) is 0.652. The molecule has 0 radical (unpaired) electrons. The molecule has 1 aromatic rings. The molecular weight excluding hydrogens is 366 g/mol. The van der Waals surface area contributed by atoms with E-state index >= 15 is 0 Å². The van der Waals surface area contributed by atoms with Crippen molar-refractivity contribution in [2.24, 2.45) is 17.8 Å². The van der Waals surface area contributed by atoms with Gasteiger partial charge in [-0.25, -0.2) is 0 Å². The summed E-state index contributed by atoms with van der Waals surface area (Å²) in [6.07, 6.45) is 2.85. The number of hydrogen-bond donors (Lipinski definition) is 1. The standard InChI is InChI=1S/C23H33N3O3/c1-4-16(2)13-25-14-19-20(15-25)23(24-21(19)27)8-10-26(11-9-23)22(28)17-6-5-7-18(12-17)29-3/h5-7,12,16,19-20H,4,8-11,13-15H2,1-3H3,(H,24,27)/t16-,19+,20-/m0/s1. The SMILES string of the molecule is CC[C@H](C)CN1C[C@H]2C(=O)NC3(CCN(C(=O)c4cccc(OC)c4)CC3)[C@H]2C1. The van der Waals surface area contributed by atoms with Gasteiger partial charge in [0.2, 0.25) is 5.91 Å². The number of likely N-dealkylation sites (tertiary alicyclic amines) is 2. The number of nitrogens with zero attached hydrogens (tertiary/aromatic N) is 2. The molecule has 0 aromatic heterocycles. The van der Waals surface area contributed by atoms with Crippen LogP contribution < -0.4 is 10.1 Å². The smallest absolute Gasteiger partial charge is 0.253 e. The van der Waals surface area contributed by atoms with Gasteiger partial charge in [-0.1, -0.05) is 26.3 Å². The highest BCUT2D eigenvalue weighted by Crippen LogP contribution is 2.44. The van der Waals surface area contributed by atoms with E-state index in [-0.39, 0.29) is 23.3 Å². The van der Waals surface area contributed by atoms with Crippen LogP contribution in [0.5, 0.6) is 5.75 Å². The number of nitrogens with one attached hydrogen (secondary N) is 1. The first kappa shape index (κ1) is 20.2. The van der Waals surface area contributed by atoms with Gasteiger partial charge in [0.1, 0.15) is 5.75 Å². The van der Waals surface area contributed by atoms with Crippen LogP contribution in [0.15, 0.2) is 24.3 Å². The van der Waals surface area contributed by atoms with Crippen molar-refractivity contribution in [2.75, 3.05) is 39.8 Å². The maximum absolute atomic E-state index is 12.9. The zero-order valence-corrected chi connectivity index (χ0v) is 17.8. The summed E-state index contributed by atoms with van der Waals surface area (Å²) >= 11 is 0. The van der Waals surface area contributed by atoms with Crippen molar-refractivity contribution in [1.82, 2.24) is 15.1 Å². The van der Waals surface area contributed by atoms with Crippen LogP contribution in [0.3, 0.4) is 0 Å². The molecule has 1 N–H and O–H groups in total. The van der Waals surface area contributed by atoms with Gasteiger partial charge >= 0.3 is 0 Å². The predicted molar refractivity (Wildman–Crippen MR) is 112 cm³/mol. The van der Waals surface area contributed by atoms with Crippen LogP contribution in [-0.2, 0) is 4.79 Å². The number of fused-ring (bicyclic) bond motifs is 2. The predicted octanol–water partition coefficient (Wildman–Crippen LogP) is 2.39. The van der Waals surface area contributed by atoms with Crippen LogP contribution in [0.4, 0.5) is 0 Å². The fourth-order valence-corrected chi connectivity index (χ4v) is 5.40. The third-order valence-corrected chi connectivity index (χ3v) is 7.34. The van der Waals surface area contributed by atoms with E-state index in [1.165, 1.54) is 6.42 Å². The molecule has 3 atom stereocenters. The minimum absolute atomic E-state index is 0.0458. The molecule has 6 heteroatoms. The number of methoxy groups -OCH3 is 1. The molecule has 3 aliphatic rings. The fourth-order valence-electron chi connectivity index (χ4n) is 5.40. The lowest BCUT2D eigenvalue weighted by Crippen LogP contribution is -2.56. The Balaban J connectivity index is 1.41. The van der Waals surface area contributed by atoms with E-state index in [4.69, 9.17) is 4.74 Å². The van der Waals surface area contributed by atoms with Crippen molar-refractivity contribution >= 4 is 11.8 Å². The zero-order chi connectivity index (χ0) is 20.6. The summed E-state index contributed by atoms with van der Waals surface area (Å²) < 4.78 is 5.25. The summed E-state index contributed by atoms with van der Waals surface area (Å²) in [6.45, 7) is 8.84. The number of hydrogen-bond acceptors (Lipinski definition) is 4. The normalized spacial score (nSPS) is 27.0.